The minimum atomic E-state index is -0.472. The van der Waals surface area contributed by atoms with Crippen LogP contribution in [0.1, 0.15) is 59.5 Å². The summed E-state index contributed by atoms with van der Waals surface area (Å²) in [5.74, 6) is -1.72. The molecule has 0 aliphatic rings. The Bertz CT molecular complexity index is 1200. The largest absolute Gasteiger partial charge is 0.507 e. The van der Waals surface area contributed by atoms with Crippen molar-refractivity contribution < 1.29 is 19.8 Å². The minimum Gasteiger partial charge on any atom is -0.507 e. The quantitative estimate of drug-likeness (QED) is 0.211. The second-order valence-corrected chi connectivity index (χ2v) is 8.81. The molecule has 0 bridgehead atoms. The number of allylic oxidation sites excluding steroid dienone is 2. The number of carbonyl (C=O) groups excluding carboxylic acids is 2. The lowest BCUT2D eigenvalue weighted by Gasteiger charge is -2.20. The first-order chi connectivity index (χ1) is 18.3. The van der Waals surface area contributed by atoms with Gasteiger partial charge in [0, 0.05) is 43.6 Å². The van der Waals surface area contributed by atoms with Crippen LogP contribution in [0, 0.1) is 0 Å². The van der Waals surface area contributed by atoms with Gasteiger partial charge in [0.2, 0.25) is 0 Å². The first kappa shape index (κ1) is 28.3. The highest BCUT2D eigenvalue weighted by Crippen LogP contribution is 2.29. The van der Waals surface area contributed by atoms with Crippen molar-refractivity contribution >= 4 is 35.1 Å². The predicted octanol–water partition coefficient (Wildman–Crippen LogP) is 6.58. The van der Waals surface area contributed by atoms with Crippen LogP contribution >= 0.6 is 0 Å². The maximum absolute atomic E-state index is 12.8. The molecule has 0 unspecified atom stereocenters. The van der Waals surface area contributed by atoms with Gasteiger partial charge < -0.3 is 20.0 Å². The number of phenolic OH excluding ortho intramolecular Hbond substituents is 2. The highest BCUT2D eigenvalue weighted by atomic mass is 16.3. The average molecular weight is 513 g/mol. The zero-order chi connectivity index (χ0) is 27.7. The maximum atomic E-state index is 12.8. The molecule has 6 heteroatoms. The Morgan fingerprint density at radius 2 is 0.947 bits per heavy atom. The molecule has 198 valence electrons. The van der Waals surface area contributed by atoms with Crippen molar-refractivity contribution in [2.75, 3.05) is 36.0 Å². The van der Waals surface area contributed by atoms with Crippen LogP contribution in [0.5, 0.6) is 11.5 Å². The van der Waals surface area contributed by atoms with Crippen LogP contribution in [-0.4, -0.2) is 48.0 Å². The number of benzene rings is 3. The summed E-state index contributed by atoms with van der Waals surface area (Å²) >= 11 is 0. The number of hydrogen-bond donors (Lipinski definition) is 2. The van der Waals surface area contributed by atoms with Gasteiger partial charge in [-0.1, -0.05) is 36.4 Å². The molecule has 0 amide bonds. The third-order valence-electron chi connectivity index (χ3n) is 6.54. The molecule has 0 radical (unpaired) electrons. The summed E-state index contributed by atoms with van der Waals surface area (Å²) in [6, 6.07) is 17.9. The Labute approximate surface area is 225 Å². The number of phenols is 2. The number of rotatable bonds is 12. The van der Waals surface area contributed by atoms with E-state index < -0.39 is 11.6 Å². The number of ketones is 2. The Balaban J connectivity index is 1.76. The second-order valence-electron chi connectivity index (χ2n) is 8.81. The molecule has 0 fully saturated rings. The number of carbonyl (C=O) groups is 2. The molecule has 3 aromatic carbocycles. The summed E-state index contributed by atoms with van der Waals surface area (Å²) < 4.78 is 0. The molecule has 0 aliphatic heterocycles. The van der Waals surface area contributed by atoms with Gasteiger partial charge in [0.05, 0.1) is 11.1 Å². The topological polar surface area (TPSA) is 81.1 Å². The molecule has 0 heterocycles. The van der Waals surface area contributed by atoms with E-state index in [9.17, 15) is 19.8 Å². The average Bonchev–Trinajstić information content (AvgIpc) is 2.93. The first-order valence-corrected chi connectivity index (χ1v) is 13.0. The molecular weight excluding hydrogens is 476 g/mol. The standard InChI is InChI=1S/C32H36N2O4/c1-5-33(6-2)25-15-9-23(10-16-25)13-19-29(35)27-21-28(32(38)22-31(27)37)30(36)20-14-24-11-17-26(18-12-24)34(7-3)8-4/h9-22,37-38H,5-8H2,1-4H3/b19-13+,20-14+. The van der Waals surface area contributed by atoms with Crippen LogP contribution in [0.4, 0.5) is 11.4 Å². The lowest BCUT2D eigenvalue weighted by molar-refractivity contribution is 0.104. The van der Waals surface area contributed by atoms with Crippen LogP contribution in [0.3, 0.4) is 0 Å². The van der Waals surface area contributed by atoms with Gasteiger partial charge >= 0.3 is 0 Å². The molecule has 0 atom stereocenters. The van der Waals surface area contributed by atoms with Crippen LogP contribution < -0.4 is 9.80 Å². The van der Waals surface area contributed by atoms with E-state index in [0.29, 0.717) is 0 Å². The summed E-state index contributed by atoms with van der Waals surface area (Å²) in [5.41, 5.74) is 3.76. The Morgan fingerprint density at radius 3 is 1.26 bits per heavy atom. The van der Waals surface area contributed by atoms with E-state index in [-0.39, 0.29) is 22.6 Å². The van der Waals surface area contributed by atoms with E-state index >= 15 is 0 Å². The first-order valence-electron chi connectivity index (χ1n) is 13.0. The normalized spacial score (nSPS) is 11.3. The zero-order valence-corrected chi connectivity index (χ0v) is 22.5. The molecule has 0 saturated heterocycles. The molecular formula is C32H36N2O4. The Hall–Kier alpha value is -4.32. The van der Waals surface area contributed by atoms with Crippen molar-refractivity contribution in [2.45, 2.75) is 27.7 Å². The van der Waals surface area contributed by atoms with E-state index in [1.54, 1.807) is 12.2 Å². The summed E-state index contributed by atoms with van der Waals surface area (Å²) in [4.78, 5) is 30.1. The molecule has 6 nitrogen and oxygen atoms in total. The minimum absolute atomic E-state index is 0.0564. The van der Waals surface area contributed by atoms with Crippen LogP contribution in [0.15, 0.2) is 72.8 Å². The summed E-state index contributed by atoms with van der Waals surface area (Å²) in [7, 11) is 0. The van der Waals surface area contributed by atoms with Gasteiger partial charge in [0.1, 0.15) is 11.5 Å². The van der Waals surface area contributed by atoms with Crippen molar-refractivity contribution in [2.24, 2.45) is 0 Å². The van der Waals surface area contributed by atoms with Gasteiger partial charge in [-0.2, -0.15) is 0 Å². The van der Waals surface area contributed by atoms with E-state index in [1.807, 2.05) is 48.5 Å². The molecule has 38 heavy (non-hydrogen) atoms. The SMILES string of the molecule is CCN(CC)c1ccc(/C=C/C(=O)c2cc(C(=O)/C=C/c3ccc(N(CC)CC)cc3)c(O)cc2O)cc1. The molecule has 0 saturated carbocycles. The van der Waals surface area contributed by atoms with E-state index in [4.69, 9.17) is 0 Å². The van der Waals surface area contributed by atoms with Crippen molar-refractivity contribution in [1.29, 1.82) is 0 Å². The van der Waals surface area contributed by atoms with Crippen LogP contribution in [-0.2, 0) is 0 Å². The third kappa shape index (κ3) is 6.91. The van der Waals surface area contributed by atoms with Gasteiger partial charge in [-0.15, -0.1) is 0 Å². The highest BCUT2D eigenvalue weighted by Gasteiger charge is 2.17. The molecule has 3 rings (SSSR count). The fourth-order valence-electron chi connectivity index (χ4n) is 4.27. The van der Waals surface area contributed by atoms with Crippen molar-refractivity contribution in [3.63, 3.8) is 0 Å². The summed E-state index contributed by atoms with van der Waals surface area (Å²) in [5, 5.41) is 20.6. The van der Waals surface area contributed by atoms with Gasteiger partial charge in [-0.3, -0.25) is 9.59 Å². The molecule has 0 aliphatic carbocycles. The zero-order valence-electron chi connectivity index (χ0n) is 22.5. The maximum Gasteiger partial charge on any atom is 0.189 e. The lowest BCUT2D eigenvalue weighted by Crippen LogP contribution is -2.21. The second kappa shape index (κ2) is 13.3. The fourth-order valence-corrected chi connectivity index (χ4v) is 4.27. The fraction of sp³-hybridized carbons (Fsp3) is 0.250. The smallest absolute Gasteiger partial charge is 0.189 e. The van der Waals surface area contributed by atoms with Gasteiger partial charge in [0.15, 0.2) is 11.6 Å². The Morgan fingerprint density at radius 1 is 0.605 bits per heavy atom. The molecule has 3 aromatic rings. The number of nitrogens with zero attached hydrogens (tertiary/aromatic N) is 2. The molecule has 0 spiro atoms. The summed E-state index contributed by atoms with van der Waals surface area (Å²) in [6.45, 7) is 12.0. The number of hydrogen-bond acceptors (Lipinski definition) is 6. The predicted molar refractivity (Wildman–Crippen MR) is 157 cm³/mol. The van der Waals surface area contributed by atoms with Crippen molar-refractivity contribution in [3.05, 3.63) is 95.1 Å². The van der Waals surface area contributed by atoms with Crippen molar-refractivity contribution in [3.8, 4) is 11.5 Å². The molecule has 0 aromatic heterocycles. The van der Waals surface area contributed by atoms with E-state index in [0.717, 1.165) is 54.7 Å². The highest BCUT2D eigenvalue weighted by molar-refractivity contribution is 6.13. The van der Waals surface area contributed by atoms with E-state index in [2.05, 4.69) is 37.5 Å². The lowest BCUT2D eigenvalue weighted by atomic mass is 10.0. The van der Waals surface area contributed by atoms with Gasteiger partial charge in [-0.25, -0.2) is 0 Å². The monoisotopic (exact) mass is 512 g/mol. The summed E-state index contributed by atoms with van der Waals surface area (Å²) in [6.07, 6.45) is 6.01. The van der Waals surface area contributed by atoms with Crippen LogP contribution in [0.2, 0.25) is 0 Å². The Kier molecular flexibility index (Phi) is 9.88. The number of aromatic hydroxyl groups is 2. The number of anilines is 2. The molecule has 2 N–H and O–H groups in total. The van der Waals surface area contributed by atoms with E-state index in [1.165, 1.54) is 18.2 Å². The van der Waals surface area contributed by atoms with Gasteiger partial charge in [0.25, 0.3) is 0 Å². The van der Waals surface area contributed by atoms with Gasteiger partial charge in [-0.05, 0) is 81.3 Å². The third-order valence-corrected chi connectivity index (χ3v) is 6.54. The van der Waals surface area contributed by atoms with Crippen molar-refractivity contribution in [1.82, 2.24) is 0 Å². The van der Waals surface area contributed by atoms with Crippen LogP contribution in [0.25, 0.3) is 12.2 Å².